The fourth-order valence-electron chi connectivity index (χ4n) is 2.41. The van der Waals surface area contributed by atoms with Crippen molar-refractivity contribution in [3.05, 3.63) is 42.1 Å². The standard InChI is InChI=1S/C18H26N4O/c1-13(2)18(5,11-15-9-7-6-8-10-15)17(23)19-16-12-22(14(3)4)21-20-16/h6-10,12-14H,11H2,1-5H3,(H,19,23). The minimum absolute atomic E-state index is 0.0211. The summed E-state index contributed by atoms with van der Waals surface area (Å²) in [7, 11) is 0. The zero-order valence-electron chi connectivity index (χ0n) is 14.6. The molecular weight excluding hydrogens is 288 g/mol. The molecule has 1 N–H and O–H groups in total. The Bertz CT molecular complexity index is 648. The molecule has 1 unspecified atom stereocenters. The third kappa shape index (κ3) is 3.97. The predicted molar refractivity (Wildman–Crippen MR) is 92.1 cm³/mol. The molecule has 0 saturated carbocycles. The summed E-state index contributed by atoms with van der Waals surface area (Å²) in [6.07, 6.45) is 2.46. The molecule has 124 valence electrons. The van der Waals surface area contributed by atoms with Gasteiger partial charge in [0.1, 0.15) is 0 Å². The van der Waals surface area contributed by atoms with E-state index < -0.39 is 5.41 Å². The number of carbonyl (C=O) groups is 1. The average molecular weight is 314 g/mol. The van der Waals surface area contributed by atoms with Gasteiger partial charge in [-0.3, -0.25) is 4.79 Å². The lowest BCUT2D eigenvalue weighted by molar-refractivity contribution is -0.127. The first-order valence-electron chi connectivity index (χ1n) is 8.10. The van der Waals surface area contributed by atoms with Gasteiger partial charge >= 0.3 is 0 Å². The molecule has 1 aromatic carbocycles. The maximum Gasteiger partial charge on any atom is 0.232 e. The number of carbonyl (C=O) groups excluding carboxylic acids is 1. The molecule has 23 heavy (non-hydrogen) atoms. The monoisotopic (exact) mass is 314 g/mol. The highest BCUT2D eigenvalue weighted by Crippen LogP contribution is 2.32. The lowest BCUT2D eigenvalue weighted by Gasteiger charge is -2.32. The Morgan fingerprint density at radius 2 is 1.87 bits per heavy atom. The van der Waals surface area contributed by atoms with Crippen molar-refractivity contribution < 1.29 is 4.79 Å². The maximum atomic E-state index is 12.9. The molecule has 2 aromatic rings. The maximum absolute atomic E-state index is 12.9. The van der Waals surface area contributed by atoms with E-state index in [9.17, 15) is 4.79 Å². The zero-order valence-corrected chi connectivity index (χ0v) is 14.6. The third-order valence-corrected chi connectivity index (χ3v) is 4.49. The van der Waals surface area contributed by atoms with Crippen molar-refractivity contribution in [3.63, 3.8) is 0 Å². The van der Waals surface area contributed by atoms with Gasteiger partial charge in [-0.25, -0.2) is 4.68 Å². The van der Waals surface area contributed by atoms with Gasteiger partial charge in [0.2, 0.25) is 5.91 Å². The van der Waals surface area contributed by atoms with Gasteiger partial charge in [-0.1, -0.05) is 56.3 Å². The van der Waals surface area contributed by atoms with Gasteiger partial charge in [-0.15, -0.1) is 5.10 Å². The van der Waals surface area contributed by atoms with E-state index in [0.717, 1.165) is 5.56 Å². The van der Waals surface area contributed by atoms with Gasteiger partial charge < -0.3 is 5.32 Å². The Morgan fingerprint density at radius 3 is 2.39 bits per heavy atom. The molecule has 0 bridgehead atoms. The molecule has 1 amide bonds. The molecule has 0 aliphatic heterocycles. The SMILES string of the molecule is CC(C)n1cc(NC(=O)C(C)(Cc2ccccc2)C(C)C)nn1. The zero-order chi connectivity index (χ0) is 17.0. The van der Waals surface area contributed by atoms with Crippen LogP contribution in [0, 0.1) is 11.3 Å². The van der Waals surface area contributed by atoms with Crippen LogP contribution in [-0.4, -0.2) is 20.9 Å². The summed E-state index contributed by atoms with van der Waals surface area (Å²) in [5.41, 5.74) is 0.646. The van der Waals surface area contributed by atoms with Crippen LogP contribution in [0.1, 0.15) is 46.2 Å². The Morgan fingerprint density at radius 1 is 1.22 bits per heavy atom. The Hall–Kier alpha value is -2.17. The highest BCUT2D eigenvalue weighted by Gasteiger charge is 2.37. The van der Waals surface area contributed by atoms with Crippen LogP contribution in [0.25, 0.3) is 0 Å². The molecule has 0 radical (unpaired) electrons. The second-order valence-corrected chi connectivity index (χ2v) is 6.87. The van der Waals surface area contributed by atoms with Crippen LogP contribution in [0.3, 0.4) is 0 Å². The molecule has 2 rings (SSSR count). The number of hydrogen-bond acceptors (Lipinski definition) is 3. The van der Waals surface area contributed by atoms with Gasteiger partial charge in [-0.05, 0) is 31.7 Å². The second kappa shape index (κ2) is 6.94. The fourth-order valence-corrected chi connectivity index (χ4v) is 2.41. The van der Waals surface area contributed by atoms with E-state index in [-0.39, 0.29) is 17.9 Å². The normalized spacial score (nSPS) is 14.0. The van der Waals surface area contributed by atoms with Crippen LogP contribution in [0.2, 0.25) is 0 Å². The summed E-state index contributed by atoms with van der Waals surface area (Å²) < 4.78 is 1.74. The number of hydrogen-bond donors (Lipinski definition) is 1. The van der Waals surface area contributed by atoms with Crippen LogP contribution in [0.4, 0.5) is 5.82 Å². The number of aromatic nitrogens is 3. The van der Waals surface area contributed by atoms with E-state index in [1.54, 1.807) is 10.9 Å². The van der Waals surface area contributed by atoms with Gasteiger partial charge in [0, 0.05) is 6.04 Å². The third-order valence-electron chi connectivity index (χ3n) is 4.49. The highest BCUT2D eigenvalue weighted by atomic mass is 16.2. The molecule has 0 aliphatic rings. The van der Waals surface area contributed by atoms with E-state index in [2.05, 4.69) is 41.6 Å². The molecule has 1 heterocycles. The first-order chi connectivity index (χ1) is 10.8. The number of benzene rings is 1. The molecule has 0 spiro atoms. The second-order valence-electron chi connectivity index (χ2n) is 6.87. The van der Waals surface area contributed by atoms with E-state index in [4.69, 9.17) is 0 Å². The molecule has 0 saturated heterocycles. The molecule has 0 aliphatic carbocycles. The molecule has 5 heteroatoms. The number of rotatable bonds is 6. The van der Waals surface area contributed by atoms with Gasteiger partial charge in [0.25, 0.3) is 0 Å². The highest BCUT2D eigenvalue weighted by molar-refractivity contribution is 5.94. The van der Waals surface area contributed by atoms with Crippen LogP contribution >= 0.6 is 0 Å². The summed E-state index contributed by atoms with van der Waals surface area (Å²) >= 11 is 0. The van der Waals surface area contributed by atoms with Crippen LogP contribution in [-0.2, 0) is 11.2 Å². The van der Waals surface area contributed by atoms with E-state index >= 15 is 0 Å². The number of nitrogens with one attached hydrogen (secondary N) is 1. The molecule has 1 aromatic heterocycles. The topological polar surface area (TPSA) is 59.8 Å². The summed E-state index contributed by atoms with van der Waals surface area (Å²) in [5, 5.41) is 11.0. The summed E-state index contributed by atoms with van der Waals surface area (Å²) in [5.74, 6) is 0.679. The Balaban J connectivity index is 2.17. The average Bonchev–Trinajstić information content (AvgIpc) is 2.96. The summed E-state index contributed by atoms with van der Waals surface area (Å²) in [6.45, 7) is 10.2. The van der Waals surface area contributed by atoms with Crippen molar-refractivity contribution in [3.8, 4) is 0 Å². The van der Waals surface area contributed by atoms with Gasteiger partial charge in [-0.2, -0.15) is 0 Å². The molecular formula is C18H26N4O. The largest absolute Gasteiger partial charge is 0.307 e. The van der Waals surface area contributed by atoms with E-state index in [1.165, 1.54) is 0 Å². The lowest BCUT2D eigenvalue weighted by atomic mass is 9.73. The first-order valence-corrected chi connectivity index (χ1v) is 8.10. The van der Waals surface area contributed by atoms with Crippen LogP contribution in [0.5, 0.6) is 0 Å². The van der Waals surface area contributed by atoms with Crippen molar-refractivity contribution in [1.29, 1.82) is 0 Å². The number of nitrogens with zero attached hydrogens (tertiary/aromatic N) is 3. The molecule has 5 nitrogen and oxygen atoms in total. The van der Waals surface area contributed by atoms with Crippen molar-refractivity contribution >= 4 is 11.7 Å². The van der Waals surface area contributed by atoms with Gasteiger partial charge in [0.15, 0.2) is 5.82 Å². The van der Waals surface area contributed by atoms with Crippen molar-refractivity contribution in [2.75, 3.05) is 5.32 Å². The minimum Gasteiger partial charge on any atom is -0.307 e. The minimum atomic E-state index is -0.511. The van der Waals surface area contributed by atoms with Crippen LogP contribution < -0.4 is 5.32 Å². The fraction of sp³-hybridized carbons (Fsp3) is 0.500. The molecule has 1 atom stereocenters. The smallest absolute Gasteiger partial charge is 0.232 e. The number of amides is 1. The van der Waals surface area contributed by atoms with Gasteiger partial charge in [0.05, 0.1) is 11.6 Å². The van der Waals surface area contributed by atoms with Crippen molar-refractivity contribution in [1.82, 2.24) is 15.0 Å². The van der Waals surface area contributed by atoms with Crippen molar-refractivity contribution in [2.24, 2.45) is 11.3 Å². The Kier molecular flexibility index (Phi) is 5.19. The van der Waals surface area contributed by atoms with E-state index in [0.29, 0.717) is 12.2 Å². The van der Waals surface area contributed by atoms with E-state index in [1.807, 2.05) is 39.0 Å². The van der Waals surface area contributed by atoms with Crippen molar-refractivity contribution in [2.45, 2.75) is 47.1 Å². The summed E-state index contributed by atoms with van der Waals surface area (Å²) in [4.78, 5) is 12.9. The predicted octanol–water partition coefficient (Wildman–Crippen LogP) is 3.70. The molecule has 0 fully saturated rings. The quantitative estimate of drug-likeness (QED) is 0.884. The Labute approximate surface area is 138 Å². The summed E-state index contributed by atoms with van der Waals surface area (Å²) in [6, 6.07) is 10.3. The number of anilines is 1. The van der Waals surface area contributed by atoms with Crippen LogP contribution in [0.15, 0.2) is 36.5 Å². The first kappa shape index (κ1) is 17.2. The lowest BCUT2D eigenvalue weighted by Crippen LogP contribution is -2.40.